The Morgan fingerprint density at radius 3 is 2.62 bits per heavy atom. The maximum absolute atomic E-state index is 9.04. The fourth-order valence-corrected chi connectivity index (χ4v) is 3.12. The first-order valence-corrected chi connectivity index (χ1v) is 7.31. The molecule has 1 rings (SSSR count). The van der Waals surface area contributed by atoms with Crippen molar-refractivity contribution in [2.24, 2.45) is 5.92 Å². The molecule has 0 N–H and O–H groups in total. The van der Waals surface area contributed by atoms with Crippen molar-refractivity contribution in [3.63, 3.8) is 0 Å². The van der Waals surface area contributed by atoms with Crippen LogP contribution in [0.15, 0.2) is 27.6 Å². The third-order valence-electron chi connectivity index (χ3n) is 2.69. The highest BCUT2D eigenvalue weighted by Gasteiger charge is 2.07. The topological polar surface area (TPSA) is 23.8 Å². The normalized spacial score (nSPS) is 10.4. The molecule has 0 saturated carbocycles. The van der Waals surface area contributed by atoms with Crippen LogP contribution in [0, 0.1) is 17.2 Å². The summed E-state index contributed by atoms with van der Waals surface area (Å²) >= 11 is 5.18. The van der Waals surface area contributed by atoms with E-state index in [1.807, 2.05) is 18.2 Å². The molecule has 1 aromatic carbocycles. The molecular weight excluding hydrogens is 282 g/mol. The highest BCUT2D eigenvalue weighted by atomic mass is 79.9. The van der Waals surface area contributed by atoms with Gasteiger partial charge in [-0.25, -0.2) is 0 Å². The van der Waals surface area contributed by atoms with Crippen molar-refractivity contribution in [3.8, 4) is 6.07 Å². The second kappa shape index (κ2) is 6.98. The summed E-state index contributed by atoms with van der Waals surface area (Å²) in [4.78, 5) is 1.10. The van der Waals surface area contributed by atoms with Crippen molar-refractivity contribution < 1.29 is 0 Å². The van der Waals surface area contributed by atoms with Crippen LogP contribution in [0.2, 0.25) is 0 Å². The average molecular weight is 298 g/mol. The van der Waals surface area contributed by atoms with Gasteiger partial charge in [0.1, 0.15) is 6.07 Å². The summed E-state index contributed by atoms with van der Waals surface area (Å²) in [7, 11) is 0. The minimum Gasteiger partial charge on any atom is -0.192 e. The molecule has 1 aromatic rings. The molecule has 0 heterocycles. The van der Waals surface area contributed by atoms with Crippen LogP contribution in [0.4, 0.5) is 0 Å². The van der Waals surface area contributed by atoms with E-state index in [1.54, 1.807) is 11.8 Å². The van der Waals surface area contributed by atoms with Gasteiger partial charge in [-0.2, -0.15) is 5.26 Å². The maximum Gasteiger partial charge on any atom is 0.100 e. The summed E-state index contributed by atoms with van der Waals surface area (Å²) in [6.07, 6.45) is 2.42. The minimum atomic E-state index is 0.750. The van der Waals surface area contributed by atoms with E-state index in [2.05, 4.69) is 35.8 Å². The standard InChI is InChI=1S/C13H16BrNS/c1-3-10(4-2)9-16-13-6-5-12(14)7-11(13)8-15/h5-7,10H,3-4,9H2,1-2H3. The lowest BCUT2D eigenvalue weighted by molar-refractivity contribution is 0.554. The lowest BCUT2D eigenvalue weighted by Crippen LogP contribution is -2.00. The Balaban J connectivity index is 2.70. The average Bonchev–Trinajstić information content (AvgIpc) is 2.31. The van der Waals surface area contributed by atoms with Gasteiger partial charge < -0.3 is 0 Å². The molecule has 1 nitrogen and oxygen atoms in total. The maximum atomic E-state index is 9.04. The summed E-state index contributed by atoms with van der Waals surface area (Å²) in [5.74, 6) is 1.85. The van der Waals surface area contributed by atoms with Gasteiger partial charge in [-0.1, -0.05) is 42.6 Å². The van der Waals surface area contributed by atoms with Crippen molar-refractivity contribution in [1.82, 2.24) is 0 Å². The van der Waals surface area contributed by atoms with Crippen LogP contribution in [0.5, 0.6) is 0 Å². The molecule has 0 saturated heterocycles. The van der Waals surface area contributed by atoms with Crippen molar-refractivity contribution in [2.45, 2.75) is 31.6 Å². The van der Waals surface area contributed by atoms with Gasteiger partial charge >= 0.3 is 0 Å². The number of rotatable bonds is 5. The number of nitriles is 1. The van der Waals surface area contributed by atoms with E-state index in [0.717, 1.165) is 26.6 Å². The number of hydrogen-bond donors (Lipinski definition) is 0. The zero-order valence-electron chi connectivity index (χ0n) is 9.66. The summed E-state index contributed by atoms with van der Waals surface area (Å²) in [6.45, 7) is 4.45. The zero-order valence-corrected chi connectivity index (χ0v) is 12.1. The van der Waals surface area contributed by atoms with E-state index < -0.39 is 0 Å². The van der Waals surface area contributed by atoms with Crippen LogP contribution in [-0.2, 0) is 0 Å². The third-order valence-corrected chi connectivity index (χ3v) is 4.49. The van der Waals surface area contributed by atoms with Gasteiger partial charge in [0.15, 0.2) is 0 Å². The Hall–Kier alpha value is -0.460. The third kappa shape index (κ3) is 3.84. The predicted molar refractivity (Wildman–Crippen MR) is 73.7 cm³/mol. The van der Waals surface area contributed by atoms with Gasteiger partial charge in [0, 0.05) is 15.1 Å². The largest absolute Gasteiger partial charge is 0.192 e. The molecule has 0 aliphatic heterocycles. The molecule has 0 aliphatic carbocycles. The number of thioether (sulfide) groups is 1. The fraction of sp³-hybridized carbons (Fsp3) is 0.462. The molecular formula is C13H16BrNS. The highest BCUT2D eigenvalue weighted by Crippen LogP contribution is 2.28. The zero-order chi connectivity index (χ0) is 12.0. The van der Waals surface area contributed by atoms with E-state index in [0.29, 0.717) is 0 Å². The van der Waals surface area contributed by atoms with Crippen molar-refractivity contribution >= 4 is 27.7 Å². The molecule has 86 valence electrons. The van der Waals surface area contributed by atoms with E-state index >= 15 is 0 Å². The Morgan fingerprint density at radius 2 is 2.06 bits per heavy atom. The SMILES string of the molecule is CCC(CC)CSc1ccc(Br)cc1C#N. The summed E-state index contributed by atoms with van der Waals surface area (Å²) < 4.78 is 0.968. The predicted octanol–water partition coefficient (Wildman–Crippen LogP) is 4.85. The van der Waals surface area contributed by atoms with Crippen LogP contribution < -0.4 is 0 Å². The van der Waals surface area contributed by atoms with E-state index in [1.165, 1.54) is 12.8 Å². The molecule has 0 unspecified atom stereocenters. The number of hydrogen-bond acceptors (Lipinski definition) is 2. The van der Waals surface area contributed by atoms with E-state index in [9.17, 15) is 0 Å². The van der Waals surface area contributed by atoms with Gasteiger partial charge in [-0.3, -0.25) is 0 Å². The quantitative estimate of drug-likeness (QED) is 0.726. The van der Waals surface area contributed by atoms with Crippen LogP contribution in [0.3, 0.4) is 0 Å². The van der Waals surface area contributed by atoms with Gasteiger partial charge in [0.25, 0.3) is 0 Å². The molecule has 0 fully saturated rings. The van der Waals surface area contributed by atoms with Crippen LogP contribution in [0.1, 0.15) is 32.3 Å². The van der Waals surface area contributed by atoms with Crippen molar-refractivity contribution in [1.29, 1.82) is 5.26 Å². The first kappa shape index (κ1) is 13.6. The van der Waals surface area contributed by atoms with Gasteiger partial charge in [-0.05, 0) is 24.1 Å². The van der Waals surface area contributed by atoms with E-state index in [4.69, 9.17) is 5.26 Å². The highest BCUT2D eigenvalue weighted by molar-refractivity contribution is 9.10. The number of nitrogens with zero attached hydrogens (tertiary/aromatic N) is 1. The Bertz CT molecular complexity index is 380. The van der Waals surface area contributed by atoms with Gasteiger partial charge in [-0.15, -0.1) is 11.8 Å². The lowest BCUT2D eigenvalue weighted by atomic mass is 10.1. The van der Waals surface area contributed by atoms with Crippen LogP contribution in [-0.4, -0.2) is 5.75 Å². The molecule has 16 heavy (non-hydrogen) atoms. The van der Waals surface area contributed by atoms with Gasteiger partial charge in [0.2, 0.25) is 0 Å². The molecule has 0 bridgehead atoms. The minimum absolute atomic E-state index is 0.750. The van der Waals surface area contributed by atoms with Crippen LogP contribution >= 0.6 is 27.7 Å². The number of halogens is 1. The molecule has 0 aromatic heterocycles. The van der Waals surface area contributed by atoms with Crippen LogP contribution in [0.25, 0.3) is 0 Å². The summed E-state index contributed by atoms with van der Waals surface area (Å²) in [6, 6.07) is 8.15. The molecule has 0 radical (unpaired) electrons. The molecule has 0 amide bonds. The molecule has 0 spiro atoms. The first-order valence-electron chi connectivity index (χ1n) is 5.53. The van der Waals surface area contributed by atoms with Crippen molar-refractivity contribution in [3.05, 3.63) is 28.2 Å². The summed E-state index contributed by atoms with van der Waals surface area (Å²) in [5.41, 5.74) is 0.769. The smallest absolute Gasteiger partial charge is 0.100 e. The van der Waals surface area contributed by atoms with Gasteiger partial charge in [0.05, 0.1) is 5.56 Å². The van der Waals surface area contributed by atoms with E-state index in [-0.39, 0.29) is 0 Å². The second-order valence-corrected chi connectivity index (χ2v) is 5.72. The monoisotopic (exact) mass is 297 g/mol. The molecule has 3 heteroatoms. The summed E-state index contributed by atoms with van der Waals surface area (Å²) in [5, 5.41) is 9.04. The van der Waals surface area contributed by atoms with Crippen molar-refractivity contribution in [2.75, 3.05) is 5.75 Å². The Morgan fingerprint density at radius 1 is 1.38 bits per heavy atom. The second-order valence-electron chi connectivity index (χ2n) is 3.75. The first-order chi connectivity index (χ1) is 7.71. The Kier molecular flexibility index (Phi) is 5.94. The number of benzene rings is 1. The molecule has 0 atom stereocenters. The fourth-order valence-electron chi connectivity index (χ4n) is 1.45. The lowest BCUT2D eigenvalue weighted by Gasteiger charge is -2.12. The molecule has 0 aliphatic rings. The Labute approximate surface area is 110 Å².